The first-order valence-electron chi connectivity index (χ1n) is 8.86. The first-order chi connectivity index (χ1) is 13.1. The topological polar surface area (TPSA) is 93.4 Å². The molecule has 0 radical (unpaired) electrons. The van der Waals surface area contributed by atoms with Crippen molar-refractivity contribution in [1.29, 1.82) is 0 Å². The zero-order valence-electron chi connectivity index (χ0n) is 15.3. The van der Waals surface area contributed by atoms with Crippen LogP contribution in [0.25, 0.3) is 11.0 Å². The van der Waals surface area contributed by atoms with Crippen LogP contribution in [-0.2, 0) is 13.1 Å². The Morgan fingerprint density at radius 1 is 1.26 bits per heavy atom. The van der Waals surface area contributed by atoms with Crippen molar-refractivity contribution < 1.29 is 4.79 Å². The number of nitrogens with zero attached hydrogens (tertiary/aromatic N) is 5. The Bertz CT molecular complexity index is 1070. The molecule has 1 aromatic carbocycles. The van der Waals surface area contributed by atoms with Gasteiger partial charge in [-0.1, -0.05) is 12.1 Å². The molecule has 0 unspecified atom stereocenters. The number of hydrogen-bond acceptors (Lipinski definition) is 4. The quantitative estimate of drug-likeness (QED) is 0.550. The smallest absolute Gasteiger partial charge is 0.272 e. The predicted octanol–water partition coefficient (Wildman–Crippen LogP) is 2.52. The summed E-state index contributed by atoms with van der Waals surface area (Å²) in [5.41, 5.74) is 3.18. The fourth-order valence-corrected chi connectivity index (χ4v) is 3.08. The number of rotatable bonds is 6. The second kappa shape index (κ2) is 7.06. The number of aromatic nitrogens is 6. The van der Waals surface area contributed by atoms with Crippen molar-refractivity contribution in [1.82, 2.24) is 34.6 Å². The summed E-state index contributed by atoms with van der Waals surface area (Å²) in [7, 11) is 0. The molecular weight excluding hydrogens is 342 g/mol. The number of aromatic amines is 1. The van der Waals surface area contributed by atoms with Crippen LogP contribution < -0.4 is 5.32 Å². The molecule has 0 aliphatic carbocycles. The Morgan fingerprint density at radius 3 is 2.96 bits per heavy atom. The van der Waals surface area contributed by atoms with Crippen molar-refractivity contribution in [3.05, 3.63) is 66.3 Å². The molecule has 0 bridgehead atoms. The first kappa shape index (κ1) is 17.0. The third-order valence-electron chi connectivity index (χ3n) is 4.44. The number of hydrogen-bond donors (Lipinski definition) is 2. The van der Waals surface area contributed by atoms with Crippen molar-refractivity contribution in [2.45, 2.75) is 33.0 Å². The molecule has 3 aromatic heterocycles. The van der Waals surface area contributed by atoms with Gasteiger partial charge in [0.2, 0.25) is 0 Å². The van der Waals surface area contributed by atoms with Crippen LogP contribution in [-0.4, -0.2) is 35.2 Å². The van der Waals surface area contributed by atoms with Crippen LogP contribution in [0.1, 0.15) is 41.9 Å². The second-order valence-corrected chi connectivity index (χ2v) is 6.67. The fourth-order valence-electron chi connectivity index (χ4n) is 3.08. The Labute approximate surface area is 156 Å². The molecule has 0 atom stereocenters. The summed E-state index contributed by atoms with van der Waals surface area (Å²) in [6.45, 7) is 5.08. The minimum absolute atomic E-state index is 0.230. The van der Waals surface area contributed by atoms with Gasteiger partial charge in [0.1, 0.15) is 11.5 Å². The van der Waals surface area contributed by atoms with Gasteiger partial charge in [-0.2, -0.15) is 5.10 Å². The lowest BCUT2D eigenvalue weighted by Gasteiger charge is -2.11. The maximum atomic E-state index is 12.4. The molecular formula is C19H21N7O. The van der Waals surface area contributed by atoms with Crippen molar-refractivity contribution in [2.24, 2.45) is 0 Å². The first-order valence-corrected chi connectivity index (χ1v) is 8.86. The van der Waals surface area contributed by atoms with Gasteiger partial charge >= 0.3 is 0 Å². The van der Waals surface area contributed by atoms with E-state index in [0.29, 0.717) is 24.8 Å². The summed E-state index contributed by atoms with van der Waals surface area (Å²) >= 11 is 0. The highest BCUT2D eigenvalue weighted by atomic mass is 16.1. The average molecular weight is 363 g/mol. The van der Waals surface area contributed by atoms with Crippen molar-refractivity contribution >= 4 is 16.9 Å². The molecule has 27 heavy (non-hydrogen) atoms. The third kappa shape index (κ3) is 3.46. The van der Waals surface area contributed by atoms with Crippen LogP contribution in [0.15, 0.2) is 49.1 Å². The maximum absolute atomic E-state index is 12.4. The monoisotopic (exact) mass is 363 g/mol. The predicted molar refractivity (Wildman–Crippen MR) is 101 cm³/mol. The van der Waals surface area contributed by atoms with E-state index in [1.54, 1.807) is 18.6 Å². The molecule has 8 heteroatoms. The van der Waals surface area contributed by atoms with Gasteiger partial charge in [-0.15, -0.1) is 0 Å². The summed E-state index contributed by atoms with van der Waals surface area (Å²) in [6.07, 6.45) is 5.44. The van der Waals surface area contributed by atoms with E-state index in [9.17, 15) is 4.79 Å². The number of para-hydroxylation sites is 2. The van der Waals surface area contributed by atoms with E-state index in [2.05, 4.69) is 39.3 Å². The number of H-pyrrole nitrogens is 1. The zero-order valence-corrected chi connectivity index (χ0v) is 15.3. The molecule has 0 saturated carbocycles. The lowest BCUT2D eigenvalue weighted by atomic mass is 10.3. The van der Waals surface area contributed by atoms with Crippen molar-refractivity contribution in [3.8, 4) is 0 Å². The van der Waals surface area contributed by atoms with E-state index >= 15 is 0 Å². The third-order valence-corrected chi connectivity index (χ3v) is 4.44. The SMILES string of the molecule is CC(C)n1ccnc1CNC(=O)c1cc(Cn2cnc3ccccc32)[nH]n1. The maximum Gasteiger partial charge on any atom is 0.272 e. The summed E-state index contributed by atoms with van der Waals surface area (Å²) in [5, 5.41) is 9.94. The normalized spacial score (nSPS) is 11.4. The van der Waals surface area contributed by atoms with Gasteiger partial charge in [-0.3, -0.25) is 9.89 Å². The fraction of sp³-hybridized carbons (Fsp3) is 0.263. The highest BCUT2D eigenvalue weighted by molar-refractivity contribution is 5.92. The minimum Gasteiger partial charge on any atom is -0.343 e. The van der Waals surface area contributed by atoms with E-state index < -0.39 is 0 Å². The molecule has 0 aliphatic rings. The van der Waals surface area contributed by atoms with E-state index in [-0.39, 0.29) is 5.91 Å². The summed E-state index contributed by atoms with van der Waals surface area (Å²) in [5.74, 6) is 0.588. The molecule has 1 amide bonds. The standard InChI is InChI=1S/C19H21N7O/c1-13(2)26-8-7-20-18(26)10-21-19(27)16-9-14(23-24-16)11-25-12-22-15-5-3-4-6-17(15)25/h3-9,12-13H,10-11H2,1-2H3,(H,21,27)(H,23,24). The Hall–Kier alpha value is -3.42. The van der Waals surface area contributed by atoms with Gasteiger partial charge in [-0.05, 0) is 32.0 Å². The number of carbonyl (C=O) groups excluding carboxylic acids is 1. The number of amides is 1. The largest absolute Gasteiger partial charge is 0.343 e. The molecule has 3 heterocycles. The molecule has 8 nitrogen and oxygen atoms in total. The van der Waals surface area contributed by atoms with Crippen LogP contribution in [0.2, 0.25) is 0 Å². The van der Waals surface area contributed by atoms with Gasteiger partial charge in [0.15, 0.2) is 0 Å². The number of nitrogens with one attached hydrogen (secondary N) is 2. The number of benzene rings is 1. The highest BCUT2D eigenvalue weighted by Crippen LogP contribution is 2.14. The summed E-state index contributed by atoms with van der Waals surface area (Å²) in [6, 6.07) is 9.98. The van der Waals surface area contributed by atoms with E-state index in [4.69, 9.17) is 0 Å². The van der Waals surface area contributed by atoms with Crippen LogP contribution in [0.5, 0.6) is 0 Å². The highest BCUT2D eigenvalue weighted by Gasteiger charge is 2.13. The molecule has 0 saturated heterocycles. The molecule has 4 rings (SSSR count). The van der Waals surface area contributed by atoms with Crippen LogP contribution in [0.4, 0.5) is 0 Å². The molecule has 0 fully saturated rings. The zero-order chi connectivity index (χ0) is 18.8. The van der Waals surface area contributed by atoms with Crippen LogP contribution in [0.3, 0.4) is 0 Å². The van der Waals surface area contributed by atoms with E-state index in [1.165, 1.54) is 0 Å². The van der Waals surface area contributed by atoms with Gasteiger partial charge in [-0.25, -0.2) is 9.97 Å². The molecule has 2 N–H and O–H groups in total. The lowest BCUT2D eigenvalue weighted by Crippen LogP contribution is -2.25. The van der Waals surface area contributed by atoms with E-state index in [1.807, 2.05) is 39.6 Å². The average Bonchev–Trinajstić information content (AvgIpc) is 3.40. The lowest BCUT2D eigenvalue weighted by molar-refractivity contribution is 0.0944. The molecule has 0 aliphatic heterocycles. The second-order valence-electron chi connectivity index (χ2n) is 6.67. The van der Waals surface area contributed by atoms with Crippen LogP contribution in [0, 0.1) is 0 Å². The number of fused-ring (bicyclic) bond motifs is 1. The van der Waals surface area contributed by atoms with Gasteiger partial charge < -0.3 is 14.5 Å². The Kier molecular flexibility index (Phi) is 4.45. The van der Waals surface area contributed by atoms with Gasteiger partial charge in [0.05, 0.1) is 36.1 Å². The van der Waals surface area contributed by atoms with Crippen molar-refractivity contribution in [3.63, 3.8) is 0 Å². The van der Waals surface area contributed by atoms with Crippen LogP contribution >= 0.6 is 0 Å². The molecule has 0 spiro atoms. The summed E-state index contributed by atoms with van der Waals surface area (Å²) in [4.78, 5) is 21.1. The number of carbonyl (C=O) groups is 1. The number of imidazole rings is 2. The van der Waals surface area contributed by atoms with Gasteiger partial charge in [0, 0.05) is 18.4 Å². The summed E-state index contributed by atoms with van der Waals surface area (Å²) < 4.78 is 4.05. The Morgan fingerprint density at radius 2 is 2.11 bits per heavy atom. The van der Waals surface area contributed by atoms with E-state index in [0.717, 1.165) is 22.6 Å². The minimum atomic E-state index is -0.230. The van der Waals surface area contributed by atoms with Crippen molar-refractivity contribution in [2.75, 3.05) is 0 Å². The Balaban J connectivity index is 1.43. The van der Waals surface area contributed by atoms with Gasteiger partial charge in [0.25, 0.3) is 5.91 Å². The molecule has 4 aromatic rings. The molecule has 138 valence electrons.